The molecule has 0 saturated carbocycles. The van der Waals surface area contributed by atoms with Gasteiger partial charge in [0.1, 0.15) is 6.10 Å². The summed E-state index contributed by atoms with van der Waals surface area (Å²) in [6, 6.07) is 0. The lowest BCUT2D eigenvalue weighted by Gasteiger charge is -2.26. The summed E-state index contributed by atoms with van der Waals surface area (Å²) in [5.74, 6) is -0.126. The highest BCUT2D eigenvalue weighted by atomic mass is 16.5. The van der Waals surface area contributed by atoms with Gasteiger partial charge < -0.3 is 9.47 Å². The molecule has 0 amide bonds. The van der Waals surface area contributed by atoms with Crippen molar-refractivity contribution >= 4 is 11.9 Å². The van der Waals surface area contributed by atoms with Gasteiger partial charge in [-0.15, -0.1) is 0 Å². The van der Waals surface area contributed by atoms with Crippen molar-refractivity contribution in [2.45, 2.75) is 182 Å². The second-order valence-electron chi connectivity index (χ2n) is 11.9. The molecule has 4 heteroatoms. The molecule has 0 aromatic heterocycles. The van der Waals surface area contributed by atoms with Crippen LogP contribution in [0.2, 0.25) is 0 Å². The number of esters is 2. The molecule has 0 rings (SSSR count). The second kappa shape index (κ2) is 24.3. The van der Waals surface area contributed by atoms with Crippen molar-refractivity contribution in [2.75, 3.05) is 6.61 Å². The Hall–Kier alpha value is -1.06. The van der Waals surface area contributed by atoms with Crippen LogP contribution in [0.5, 0.6) is 0 Å². The SMILES string of the molecule is CCCCCCCCCCCCCCCCOC(=O)CCCCCCCCC(=O)OC(C)C(C)(C)C. The molecular weight excluding hydrogens is 448 g/mol. The zero-order valence-corrected chi connectivity index (χ0v) is 25.0. The summed E-state index contributed by atoms with van der Waals surface area (Å²) in [7, 11) is 0. The van der Waals surface area contributed by atoms with Crippen LogP contribution in [-0.2, 0) is 19.1 Å². The fourth-order valence-corrected chi connectivity index (χ4v) is 4.23. The van der Waals surface area contributed by atoms with E-state index in [4.69, 9.17) is 9.47 Å². The number of hydrogen-bond acceptors (Lipinski definition) is 4. The van der Waals surface area contributed by atoms with Gasteiger partial charge in [0.05, 0.1) is 6.61 Å². The normalized spacial score (nSPS) is 12.5. The number of rotatable bonds is 25. The molecule has 1 atom stereocenters. The molecule has 36 heavy (non-hydrogen) atoms. The summed E-state index contributed by atoms with van der Waals surface area (Å²) in [5, 5.41) is 0. The Balaban J connectivity index is 3.31. The van der Waals surface area contributed by atoms with E-state index < -0.39 is 0 Å². The minimum Gasteiger partial charge on any atom is -0.466 e. The molecule has 0 heterocycles. The highest BCUT2D eigenvalue weighted by Crippen LogP contribution is 2.22. The van der Waals surface area contributed by atoms with Gasteiger partial charge in [0.25, 0.3) is 0 Å². The van der Waals surface area contributed by atoms with Crippen molar-refractivity contribution in [3.8, 4) is 0 Å². The van der Waals surface area contributed by atoms with Crippen molar-refractivity contribution in [1.82, 2.24) is 0 Å². The maximum Gasteiger partial charge on any atom is 0.306 e. The first kappa shape index (κ1) is 34.9. The van der Waals surface area contributed by atoms with Crippen LogP contribution in [0, 0.1) is 5.41 Å². The molecule has 0 saturated heterocycles. The van der Waals surface area contributed by atoms with E-state index in [1.165, 1.54) is 83.5 Å². The number of unbranched alkanes of at least 4 members (excludes halogenated alkanes) is 18. The maximum atomic E-state index is 11.9. The Morgan fingerprint density at radius 1 is 0.556 bits per heavy atom. The zero-order chi connectivity index (χ0) is 26.9. The molecule has 0 spiro atoms. The van der Waals surface area contributed by atoms with Crippen LogP contribution in [0.1, 0.15) is 176 Å². The van der Waals surface area contributed by atoms with Gasteiger partial charge in [0.15, 0.2) is 0 Å². The van der Waals surface area contributed by atoms with Crippen LogP contribution in [0.25, 0.3) is 0 Å². The summed E-state index contributed by atoms with van der Waals surface area (Å²) in [6.07, 6.45) is 25.8. The van der Waals surface area contributed by atoms with Crippen molar-refractivity contribution < 1.29 is 19.1 Å². The molecule has 0 N–H and O–H groups in total. The molecule has 0 radical (unpaired) electrons. The van der Waals surface area contributed by atoms with Gasteiger partial charge in [-0.1, -0.05) is 137 Å². The molecule has 0 bridgehead atoms. The highest BCUT2D eigenvalue weighted by Gasteiger charge is 2.23. The van der Waals surface area contributed by atoms with Gasteiger partial charge in [0.2, 0.25) is 0 Å². The van der Waals surface area contributed by atoms with E-state index in [0.29, 0.717) is 19.4 Å². The van der Waals surface area contributed by atoms with Gasteiger partial charge in [-0.3, -0.25) is 9.59 Å². The minimum absolute atomic E-state index is 0.0109. The maximum absolute atomic E-state index is 11.9. The molecule has 0 aliphatic rings. The first-order valence-electron chi connectivity index (χ1n) is 15.6. The van der Waals surface area contributed by atoms with Crippen LogP contribution in [0.15, 0.2) is 0 Å². The van der Waals surface area contributed by atoms with Crippen LogP contribution < -0.4 is 0 Å². The first-order valence-corrected chi connectivity index (χ1v) is 15.6. The average Bonchev–Trinajstić information content (AvgIpc) is 2.82. The molecule has 4 nitrogen and oxygen atoms in total. The summed E-state index contributed by atoms with van der Waals surface area (Å²) >= 11 is 0. The first-order chi connectivity index (χ1) is 17.3. The third-order valence-corrected chi connectivity index (χ3v) is 7.30. The van der Waals surface area contributed by atoms with Crippen LogP contribution in [0.3, 0.4) is 0 Å². The van der Waals surface area contributed by atoms with Crippen LogP contribution in [-0.4, -0.2) is 24.6 Å². The van der Waals surface area contributed by atoms with Gasteiger partial charge in [-0.2, -0.15) is 0 Å². The Morgan fingerprint density at radius 2 is 0.917 bits per heavy atom. The fourth-order valence-electron chi connectivity index (χ4n) is 4.23. The second-order valence-corrected chi connectivity index (χ2v) is 11.9. The summed E-state index contributed by atoms with van der Waals surface area (Å²) in [4.78, 5) is 23.8. The predicted octanol–water partition coefficient (Wildman–Crippen LogP) is 10.1. The average molecular weight is 511 g/mol. The third-order valence-electron chi connectivity index (χ3n) is 7.30. The Kier molecular flexibility index (Phi) is 23.6. The zero-order valence-electron chi connectivity index (χ0n) is 25.0. The Morgan fingerprint density at radius 3 is 1.33 bits per heavy atom. The molecule has 0 aromatic carbocycles. The largest absolute Gasteiger partial charge is 0.466 e. The predicted molar refractivity (Wildman–Crippen MR) is 153 cm³/mol. The molecule has 0 aromatic rings. The van der Waals surface area contributed by atoms with E-state index in [2.05, 4.69) is 27.7 Å². The molecule has 1 unspecified atom stereocenters. The lowest BCUT2D eigenvalue weighted by atomic mass is 9.90. The number of hydrogen-bond donors (Lipinski definition) is 0. The quantitative estimate of drug-likeness (QED) is 0.0905. The summed E-state index contributed by atoms with van der Waals surface area (Å²) in [6.45, 7) is 11.1. The van der Waals surface area contributed by atoms with Crippen molar-refractivity contribution in [3.63, 3.8) is 0 Å². The van der Waals surface area contributed by atoms with Gasteiger partial charge in [-0.05, 0) is 31.6 Å². The van der Waals surface area contributed by atoms with E-state index in [9.17, 15) is 9.59 Å². The van der Waals surface area contributed by atoms with Crippen LogP contribution >= 0.6 is 0 Å². The summed E-state index contributed by atoms with van der Waals surface area (Å²) in [5.41, 5.74) is -0.0109. The van der Waals surface area contributed by atoms with E-state index in [0.717, 1.165) is 44.9 Å². The van der Waals surface area contributed by atoms with Crippen molar-refractivity contribution in [3.05, 3.63) is 0 Å². The van der Waals surface area contributed by atoms with E-state index in [1.807, 2.05) is 6.92 Å². The molecule has 0 aliphatic heterocycles. The van der Waals surface area contributed by atoms with Crippen LogP contribution in [0.4, 0.5) is 0 Å². The topological polar surface area (TPSA) is 52.6 Å². The number of carbonyl (C=O) groups is 2. The van der Waals surface area contributed by atoms with Gasteiger partial charge in [0, 0.05) is 12.8 Å². The van der Waals surface area contributed by atoms with Crippen molar-refractivity contribution in [2.24, 2.45) is 5.41 Å². The smallest absolute Gasteiger partial charge is 0.306 e. The van der Waals surface area contributed by atoms with Gasteiger partial charge >= 0.3 is 11.9 Å². The number of carbonyl (C=O) groups excluding carboxylic acids is 2. The highest BCUT2D eigenvalue weighted by molar-refractivity contribution is 5.69. The third kappa shape index (κ3) is 24.6. The van der Waals surface area contributed by atoms with Crippen molar-refractivity contribution in [1.29, 1.82) is 0 Å². The summed E-state index contributed by atoms with van der Waals surface area (Å²) < 4.78 is 10.9. The monoisotopic (exact) mass is 510 g/mol. The van der Waals surface area contributed by atoms with Gasteiger partial charge in [-0.25, -0.2) is 0 Å². The Bertz CT molecular complexity index is 509. The number of ether oxygens (including phenoxy) is 2. The van der Waals surface area contributed by atoms with E-state index >= 15 is 0 Å². The fraction of sp³-hybridized carbons (Fsp3) is 0.938. The molecule has 0 fully saturated rings. The minimum atomic E-state index is -0.0843. The van der Waals surface area contributed by atoms with E-state index in [1.54, 1.807) is 0 Å². The molecule has 214 valence electrons. The lowest BCUT2D eigenvalue weighted by Crippen LogP contribution is -2.28. The molecular formula is C32H62O4. The lowest BCUT2D eigenvalue weighted by molar-refractivity contribution is -0.153. The van der Waals surface area contributed by atoms with E-state index in [-0.39, 0.29) is 23.5 Å². The molecule has 0 aliphatic carbocycles. The Labute approximate surface area is 225 Å². The standard InChI is InChI=1S/C32H62O4/c1-6-7-8-9-10-11-12-13-14-15-16-19-22-25-28-35-30(33)26-23-20-17-18-21-24-27-31(34)36-29(2)32(3,4)5/h29H,6-28H2,1-5H3.